The molecule has 128 valence electrons. The molecule has 0 saturated carbocycles. The van der Waals surface area contributed by atoms with Gasteiger partial charge in [0.15, 0.2) is 0 Å². The molecule has 2 aliphatic heterocycles. The van der Waals surface area contributed by atoms with E-state index in [1.165, 1.54) is 12.0 Å². The van der Waals surface area contributed by atoms with Crippen molar-refractivity contribution in [1.82, 2.24) is 9.88 Å². The third-order valence-electron chi connectivity index (χ3n) is 4.94. The minimum atomic E-state index is 0.101. The van der Waals surface area contributed by atoms with Crippen LogP contribution < -0.4 is 0 Å². The highest BCUT2D eigenvalue weighted by Crippen LogP contribution is 2.32. The van der Waals surface area contributed by atoms with Gasteiger partial charge in [-0.1, -0.05) is 6.07 Å². The molecular formula is C19H24N2O3. The second-order valence-electron chi connectivity index (χ2n) is 6.73. The summed E-state index contributed by atoms with van der Waals surface area (Å²) in [5.74, 6) is 0. The SMILES string of the molecule is Cc1cccc(CO[C@H]2CN(Cc3ccoc3)[C@@H]3CCCO[C@H]23)n1. The average Bonchev–Trinajstić information content (AvgIpc) is 3.22. The van der Waals surface area contributed by atoms with Crippen LogP contribution in [0.4, 0.5) is 0 Å². The van der Waals surface area contributed by atoms with E-state index in [4.69, 9.17) is 13.9 Å². The topological polar surface area (TPSA) is 47.7 Å². The lowest BCUT2D eigenvalue weighted by atomic mass is 10.0. The van der Waals surface area contributed by atoms with Gasteiger partial charge in [-0.05, 0) is 38.0 Å². The van der Waals surface area contributed by atoms with Crippen LogP contribution in [0, 0.1) is 6.92 Å². The number of likely N-dealkylation sites (tertiary alicyclic amines) is 1. The van der Waals surface area contributed by atoms with Crippen LogP contribution in [0.3, 0.4) is 0 Å². The van der Waals surface area contributed by atoms with Gasteiger partial charge in [0.05, 0.1) is 30.9 Å². The molecule has 0 amide bonds. The summed E-state index contributed by atoms with van der Waals surface area (Å²) in [6, 6.07) is 8.52. The van der Waals surface area contributed by atoms with E-state index < -0.39 is 0 Å². The summed E-state index contributed by atoms with van der Waals surface area (Å²) < 4.78 is 17.5. The first-order chi connectivity index (χ1) is 11.8. The zero-order valence-corrected chi connectivity index (χ0v) is 14.1. The molecule has 2 saturated heterocycles. The van der Waals surface area contributed by atoms with Crippen LogP contribution in [-0.2, 0) is 22.6 Å². The molecule has 4 heterocycles. The van der Waals surface area contributed by atoms with Crippen LogP contribution in [0.25, 0.3) is 0 Å². The van der Waals surface area contributed by atoms with Crippen LogP contribution in [0.2, 0.25) is 0 Å². The lowest BCUT2D eigenvalue weighted by molar-refractivity contribution is -0.0824. The van der Waals surface area contributed by atoms with Crippen LogP contribution in [-0.4, -0.2) is 41.3 Å². The number of rotatable bonds is 5. The Labute approximate surface area is 142 Å². The average molecular weight is 328 g/mol. The van der Waals surface area contributed by atoms with E-state index in [0.29, 0.717) is 12.6 Å². The highest BCUT2D eigenvalue weighted by molar-refractivity contribution is 5.10. The number of aryl methyl sites for hydroxylation is 1. The first-order valence-electron chi connectivity index (χ1n) is 8.70. The van der Waals surface area contributed by atoms with Crippen molar-refractivity contribution in [2.24, 2.45) is 0 Å². The Hall–Kier alpha value is -1.69. The number of furan rings is 1. The van der Waals surface area contributed by atoms with Gasteiger partial charge in [0.25, 0.3) is 0 Å². The quantitative estimate of drug-likeness (QED) is 0.844. The summed E-state index contributed by atoms with van der Waals surface area (Å²) in [7, 11) is 0. The van der Waals surface area contributed by atoms with E-state index in [9.17, 15) is 0 Å². The summed E-state index contributed by atoms with van der Waals surface area (Å²) in [5, 5.41) is 0. The van der Waals surface area contributed by atoms with Crippen molar-refractivity contribution in [3.8, 4) is 0 Å². The monoisotopic (exact) mass is 328 g/mol. The van der Waals surface area contributed by atoms with Gasteiger partial charge in [-0.15, -0.1) is 0 Å². The fraction of sp³-hybridized carbons (Fsp3) is 0.526. The van der Waals surface area contributed by atoms with Gasteiger partial charge in [-0.25, -0.2) is 0 Å². The Morgan fingerprint density at radius 1 is 1.33 bits per heavy atom. The fourth-order valence-electron chi connectivity index (χ4n) is 3.82. The molecule has 5 nitrogen and oxygen atoms in total. The molecule has 24 heavy (non-hydrogen) atoms. The number of aromatic nitrogens is 1. The molecule has 4 rings (SSSR count). The summed E-state index contributed by atoms with van der Waals surface area (Å²) in [6.45, 7) is 5.17. The Balaban J connectivity index is 1.42. The van der Waals surface area contributed by atoms with Crippen molar-refractivity contribution in [2.75, 3.05) is 13.2 Å². The normalized spacial score (nSPS) is 27.3. The number of hydrogen-bond donors (Lipinski definition) is 0. The lowest BCUT2D eigenvalue weighted by Crippen LogP contribution is -2.41. The van der Waals surface area contributed by atoms with Crippen molar-refractivity contribution in [1.29, 1.82) is 0 Å². The van der Waals surface area contributed by atoms with E-state index in [1.54, 1.807) is 6.26 Å². The first-order valence-corrected chi connectivity index (χ1v) is 8.70. The number of fused-ring (bicyclic) bond motifs is 1. The van der Waals surface area contributed by atoms with Crippen molar-refractivity contribution in [3.63, 3.8) is 0 Å². The van der Waals surface area contributed by atoms with Gasteiger partial charge in [-0.2, -0.15) is 0 Å². The van der Waals surface area contributed by atoms with Crippen molar-refractivity contribution in [2.45, 2.75) is 51.2 Å². The minimum absolute atomic E-state index is 0.101. The maximum atomic E-state index is 6.21. The molecule has 0 aromatic carbocycles. The molecule has 0 bridgehead atoms. The zero-order valence-electron chi connectivity index (χ0n) is 14.1. The Morgan fingerprint density at radius 2 is 2.29 bits per heavy atom. The molecule has 5 heteroatoms. The smallest absolute Gasteiger partial charge is 0.100 e. The predicted octanol–water partition coefficient (Wildman–Crippen LogP) is 2.93. The fourth-order valence-corrected chi connectivity index (χ4v) is 3.82. The first kappa shape index (κ1) is 15.8. The molecule has 3 atom stereocenters. The van der Waals surface area contributed by atoms with Crippen LogP contribution in [0.15, 0.2) is 41.2 Å². The molecule has 2 aromatic heterocycles. The molecule has 0 radical (unpaired) electrons. The summed E-state index contributed by atoms with van der Waals surface area (Å²) in [6.07, 6.45) is 6.11. The zero-order chi connectivity index (χ0) is 16.4. The standard InChI is InChI=1S/C19H24N2O3/c1-14-4-2-5-16(20-14)13-24-18-11-21(10-15-7-9-22-12-15)17-6-3-8-23-19(17)18/h2,4-5,7,9,12,17-19H,3,6,8,10-11,13H2,1H3/t17-,18+,19+/m1/s1. The number of ether oxygens (including phenoxy) is 2. The summed E-state index contributed by atoms with van der Waals surface area (Å²) in [4.78, 5) is 7.00. The highest BCUT2D eigenvalue weighted by Gasteiger charge is 2.44. The van der Waals surface area contributed by atoms with Crippen molar-refractivity contribution < 1.29 is 13.9 Å². The number of hydrogen-bond acceptors (Lipinski definition) is 5. The van der Waals surface area contributed by atoms with Crippen LogP contribution >= 0.6 is 0 Å². The maximum absolute atomic E-state index is 6.21. The van der Waals surface area contributed by atoms with E-state index in [-0.39, 0.29) is 12.2 Å². The van der Waals surface area contributed by atoms with Crippen molar-refractivity contribution in [3.05, 3.63) is 53.7 Å². The molecule has 2 fully saturated rings. The van der Waals surface area contributed by atoms with Gasteiger partial charge < -0.3 is 13.9 Å². The van der Waals surface area contributed by atoms with Gasteiger partial charge >= 0.3 is 0 Å². The van der Waals surface area contributed by atoms with E-state index in [0.717, 1.165) is 37.5 Å². The molecule has 2 aliphatic rings. The third-order valence-corrected chi connectivity index (χ3v) is 4.94. The van der Waals surface area contributed by atoms with Crippen molar-refractivity contribution >= 4 is 0 Å². The molecule has 0 spiro atoms. The third kappa shape index (κ3) is 3.38. The largest absolute Gasteiger partial charge is 0.472 e. The highest BCUT2D eigenvalue weighted by atomic mass is 16.5. The Bertz CT molecular complexity index is 658. The summed E-state index contributed by atoms with van der Waals surface area (Å²) >= 11 is 0. The molecule has 0 aliphatic carbocycles. The van der Waals surface area contributed by atoms with Crippen LogP contribution in [0.1, 0.15) is 29.8 Å². The lowest BCUT2D eigenvalue weighted by Gasteiger charge is -2.32. The minimum Gasteiger partial charge on any atom is -0.472 e. The molecule has 0 N–H and O–H groups in total. The second-order valence-corrected chi connectivity index (χ2v) is 6.73. The molecule has 0 unspecified atom stereocenters. The number of nitrogens with zero attached hydrogens (tertiary/aromatic N) is 2. The Kier molecular flexibility index (Phi) is 4.65. The predicted molar refractivity (Wildman–Crippen MR) is 89.4 cm³/mol. The molecule has 2 aromatic rings. The Morgan fingerprint density at radius 3 is 3.12 bits per heavy atom. The van der Waals surface area contributed by atoms with E-state index in [2.05, 4.69) is 9.88 Å². The van der Waals surface area contributed by atoms with Gasteiger partial charge in [0, 0.05) is 37.0 Å². The maximum Gasteiger partial charge on any atom is 0.100 e. The number of pyridine rings is 1. The van der Waals surface area contributed by atoms with Gasteiger partial charge in [0.2, 0.25) is 0 Å². The second kappa shape index (κ2) is 7.05. The molecular weight excluding hydrogens is 304 g/mol. The summed E-state index contributed by atoms with van der Waals surface area (Å²) in [5.41, 5.74) is 3.21. The van der Waals surface area contributed by atoms with Crippen LogP contribution in [0.5, 0.6) is 0 Å². The van der Waals surface area contributed by atoms with E-state index in [1.807, 2.05) is 37.5 Å². The van der Waals surface area contributed by atoms with Gasteiger partial charge in [0.1, 0.15) is 6.10 Å². The van der Waals surface area contributed by atoms with E-state index >= 15 is 0 Å². The van der Waals surface area contributed by atoms with Gasteiger partial charge in [-0.3, -0.25) is 9.88 Å².